The molecule has 17 heavy (non-hydrogen) atoms. The standard InChI is InChI=1S/C12H23NO2S2/c1-4-15-12(14)11(13(2)3)7-5-6-10-8-9-16-17-10/h10-11H,4-9H2,1-3H3. The topological polar surface area (TPSA) is 29.5 Å². The zero-order valence-corrected chi connectivity index (χ0v) is 12.6. The van der Waals surface area contributed by atoms with E-state index in [1.165, 1.54) is 18.6 Å². The number of rotatable bonds is 7. The molecule has 0 radical (unpaired) electrons. The summed E-state index contributed by atoms with van der Waals surface area (Å²) in [4.78, 5) is 13.7. The molecule has 1 heterocycles. The maximum atomic E-state index is 11.7. The van der Waals surface area contributed by atoms with E-state index in [0.717, 1.165) is 18.1 Å². The molecule has 0 amide bonds. The van der Waals surface area contributed by atoms with E-state index in [1.807, 2.05) is 47.5 Å². The minimum atomic E-state index is -0.0778. The van der Waals surface area contributed by atoms with Crippen LogP contribution in [0.3, 0.4) is 0 Å². The molecule has 0 saturated carbocycles. The van der Waals surface area contributed by atoms with E-state index in [0.29, 0.717) is 6.61 Å². The Hall–Kier alpha value is 0.130. The highest BCUT2D eigenvalue weighted by molar-refractivity contribution is 8.77. The third kappa shape index (κ3) is 5.53. The van der Waals surface area contributed by atoms with Crippen molar-refractivity contribution in [3.05, 3.63) is 0 Å². The van der Waals surface area contributed by atoms with Gasteiger partial charge in [-0.1, -0.05) is 28.0 Å². The van der Waals surface area contributed by atoms with Gasteiger partial charge in [-0.2, -0.15) is 0 Å². The lowest BCUT2D eigenvalue weighted by Gasteiger charge is -2.22. The van der Waals surface area contributed by atoms with E-state index >= 15 is 0 Å². The number of carbonyl (C=O) groups is 1. The number of likely N-dealkylation sites (N-methyl/N-ethyl adjacent to an activating group) is 1. The number of ether oxygens (including phenoxy) is 1. The lowest BCUT2D eigenvalue weighted by molar-refractivity contribution is -0.148. The van der Waals surface area contributed by atoms with Crippen LogP contribution < -0.4 is 0 Å². The van der Waals surface area contributed by atoms with Crippen molar-refractivity contribution in [2.24, 2.45) is 0 Å². The van der Waals surface area contributed by atoms with E-state index in [2.05, 4.69) is 0 Å². The Balaban J connectivity index is 2.26. The van der Waals surface area contributed by atoms with Gasteiger partial charge in [0.05, 0.1) is 6.61 Å². The van der Waals surface area contributed by atoms with E-state index in [-0.39, 0.29) is 12.0 Å². The number of nitrogens with zero attached hydrogens (tertiary/aromatic N) is 1. The van der Waals surface area contributed by atoms with Gasteiger partial charge in [-0.3, -0.25) is 9.69 Å². The van der Waals surface area contributed by atoms with Crippen molar-refractivity contribution in [1.29, 1.82) is 0 Å². The SMILES string of the molecule is CCOC(=O)C(CCCC1CCSS1)N(C)C. The number of hydrogen-bond acceptors (Lipinski definition) is 5. The Morgan fingerprint density at radius 3 is 2.82 bits per heavy atom. The van der Waals surface area contributed by atoms with Crippen LogP contribution in [0.25, 0.3) is 0 Å². The van der Waals surface area contributed by atoms with Crippen LogP contribution in [0.15, 0.2) is 0 Å². The maximum Gasteiger partial charge on any atom is 0.323 e. The normalized spacial score (nSPS) is 21.8. The molecule has 0 N–H and O–H groups in total. The van der Waals surface area contributed by atoms with Crippen LogP contribution in [0.5, 0.6) is 0 Å². The molecule has 1 aliphatic rings. The van der Waals surface area contributed by atoms with Crippen LogP contribution in [-0.2, 0) is 9.53 Å². The molecular weight excluding hydrogens is 254 g/mol. The van der Waals surface area contributed by atoms with Crippen molar-refractivity contribution < 1.29 is 9.53 Å². The lowest BCUT2D eigenvalue weighted by atomic mass is 10.1. The van der Waals surface area contributed by atoms with Crippen molar-refractivity contribution >= 4 is 27.6 Å². The van der Waals surface area contributed by atoms with Crippen LogP contribution in [0.1, 0.15) is 32.6 Å². The Kier molecular flexibility index (Phi) is 7.39. The first-order valence-electron chi connectivity index (χ1n) is 6.26. The van der Waals surface area contributed by atoms with Crippen molar-refractivity contribution in [2.75, 3.05) is 26.5 Å². The van der Waals surface area contributed by atoms with E-state index in [9.17, 15) is 4.79 Å². The molecule has 0 aromatic rings. The zero-order valence-electron chi connectivity index (χ0n) is 11.0. The molecular formula is C12H23NO2S2. The molecule has 1 rings (SSSR count). The van der Waals surface area contributed by atoms with Gasteiger partial charge in [0.1, 0.15) is 6.04 Å². The van der Waals surface area contributed by atoms with Crippen molar-refractivity contribution in [3.63, 3.8) is 0 Å². The fourth-order valence-electron chi connectivity index (χ4n) is 1.93. The second kappa shape index (κ2) is 8.27. The minimum Gasteiger partial charge on any atom is -0.465 e. The summed E-state index contributed by atoms with van der Waals surface area (Å²) in [5, 5.41) is 0.796. The van der Waals surface area contributed by atoms with Crippen LogP contribution in [0, 0.1) is 0 Å². The largest absolute Gasteiger partial charge is 0.465 e. The lowest BCUT2D eigenvalue weighted by Crippen LogP contribution is -2.37. The third-order valence-corrected chi connectivity index (χ3v) is 5.92. The summed E-state index contributed by atoms with van der Waals surface area (Å²) in [5.41, 5.74) is 0. The highest BCUT2D eigenvalue weighted by Crippen LogP contribution is 2.39. The molecule has 0 aromatic heterocycles. The summed E-state index contributed by atoms with van der Waals surface area (Å²) in [5.74, 6) is 1.20. The molecule has 2 atom stereocenters. The van der Waals surface area contributed by atoms with E-state index in [1.54, 1.807) is 0 Å². The monoisotopic (exact) mass is 277 g/mol. The quantitative estimate of drug-likeness (QED) is 0.527. The molecule has 1 fully saturated rings. The summed E-state index contributed by atoms with van der Waals surface area (Å²) in [6, 6.07) is -0.0750. The predicted molar refractivity (Wildman–Crippen MR) is 76.4 cm³/mol. The summed E-state index contributed by atoms with van der Waals surface area (Å²) < 4.78 is 5.10. The second-order valence-electron chi connectivity index (χ2n) is 4.49. The van der Waals surface area contributed by atoms with Gasteiger partial charge < -0.3 is 4.74 Å². The van der Waals surface area contributed by atoms with E-state index in [4.69, 9.17) is 4.74 Å². The first kappa shape index (κ1) is 15.2. The fourth-order valence-corrected chi connectivity index (χ4v) is 4.96. The van der Waals surface area contributed by atoms with Crippen LogP contribution in [0.4, 0.5) is 0 Å². The Labute approximate surface area is 112 Å². The first-order valence-corrected chi connectivity index (χ1v) is 8.64. The predicted octanol–water partition coefficient (Wildman–Crippen LogP) is 2.80. The molecule has 3 nitrogen and oxygen atoms in total. The summed E-state index contributed by atoms with van der Waals surface area (Å²) in [6.07, 6.45) is 4.57. The maximum absolute atomic E-state index is 11.7. The number of carbonyl (C=O) groups excluding carboxylic acids is 1. The molecule has 0 aromatic carbocycles. The first-order chi connectivity index (χ1) is 8.15. The van der Waals surface area contributed by atoms with Gasteiger partial charge in [0, 0.05) is 11.0 Å². The van der Waals surface area contributed by atoms with Gasteiger partial charge in [-0.15, -0.1) is 0 Å². The van der Waals surface area contributed by atoms with Gasteiger partial charge in [0.25, 0.3) is 0 Å². The minimum absolute atomic E-state index is 0.0750. The molecule has 0 aliphatic carbocycles. The Bertz CT molecular complexity index is 231. The third-order valence-electron chi connectivity index (χ3n) is 2.91. The molecule has 1 saturated heterocycles. The molecule has 2 unspecified atom stereocenters. The Morgan fingerprint density at radius 2 is 2.29 bits per heavy atom. The van der Waals surface area contributed by atoms with Gasteiger partial charge in [-0.05, 0) is 40.3 Å². The second-order valence-corrected chi connectivity index (χ2v) is 7.28. The summed E-state index contributed by atoms with van der Waals surface area (Å²) in [6.45, 7) is 2.33. The van der Waals surface area contributed by atoms with Crippen molar-refractivity contribution in [2.45, 2.75) is 43.9 Å². The summed E-state index contributed by atoms with van der Waals surface area (Å²) >= 11 is 0. The van der Waals surface area contributed by atoms with Gasteiger partial charge in [-0.25, -0.2) is 0 Å². The average molecular weight is 277 g/mol. The van der Waals surface area contributed by atoms with Gasteiger partial charge in [0.2, 0.25) is 0 Å². The van der Waals surface area contributed by atoms with Crippen LogP contribution in [-0.4, -0.2) is 48.6 Å². The molecule has 5 heteroatoms. The molecule has 100 valence electrons. The van der Waals surface area contributed by atoms with Crippen LogP contribution >= 0.6 is 21.6 Å². The summed E-state index contributed by atoms with van der Waals surface area (Å²) in [7, 11) is 7.88. The average Bonchev–Trinajstić information content (AvgIpc) is 2.76. The van der Waals surface area contributed by atoms with Gasteiger partial charge in [0.15, 0.2) is 0 Å². The van der Waals surface area contributed by atoms with E-state index < -0.39 is 0 Å². The highest BCUT2D eigenvalue weighted by atomic mass is 33.1. The molecule has 0 bridgehead atoms. The van der Waals surface area contributed by atoms with Gasteiger partial charge >= 0.3 is 5.97 Å². The van der Waals surface area contributed by atoms with Crippen molar-refractivity contribution in [3.8, 4) is 0 Å². The molecule has 0 spiro atoms. The smallest absolute Gasteiger partial charge is 0.323 e. The van der Waals surface area contributed by atoms with Crippen molar-refractivity contribution in [1.82, 2.24) is 4.90 Å². The highest BCUT2D eigenvalue weighted by Gasteiger charge is 2.23. The fraction of sp³-hybridized carbons (Fsp3) is 0.917. The Morgan fingerprint density at radius 1 is 1.53 bits per heavy atom. The van der Waals surface area contributed by atoms with Crippen LogP contribution in [0.2, 0.25) is 0 Å². The molecule has 1 aliphatic heterocycles. The zero-order chi connectivity index (χ0) is 12.7. The number of hydrogen-bond donors (Lipinski definition) is 0. The number of esters is 1.